The quantitative estimate of drug-likeness (QED) is 0.590. The van der Waals surface area contributed by atoms with E-state index < -0.39 is 0 Å². The predicted octanol–water partition coefficient (Wildman–Crippen LogP) is 3.61. The summed E-state index contributed by atoms with van der Waals surface area (Å²) in [5, 5.41) is 1.89. The smallest absolute Gasteiger partial charge is 0.186 e. The molecule has 0 amide bonds. The number of allylic oxidation sites excluding steroid dienone is 2. The number of hydrogen-bond acceptors (Lipinski definition) is 2. The SMILES string of the molecule is CC=CC(=O)c1ccc(OC)c2ccccc12. The fraction of sp³-hybridized carbons (Fsp3) is 0.133. The van der Waals surface area contributed by atoms with Crippen molar-refractivity contribution in [2.24, 2.45) is 0 Å². The number of ether oxygens (including phenoxy) is 1. The molecule has 0 atom stereocenters. The average Bonchev–Trinajstić information content (AvgIpc) is 2.37. The van der Waals surface area contributed by atoms with Crippen LogP contribution < -0.4 is 4.74 Å². The minimum absolute atomic E-state index is 0.0198. The third-order valence-electron chi connectivity index (χ3n) is 2.69. The molecule has 17 heavy (non-hydrogen) atoms. The maximum atomic E-state index is 11.9. The van der Waals surface area contributed by atoms with Gasteiger partial charge in [-0.15, -0.1) is 0 Å². The van der Waals surface area contributed by atoms with Crippen LogP contribution in [0.4, 0.5) is 0 Å². The number of carbonyl (C=O) groups excluding carboxylic acids is 1. The summed E-state index contributed by atoms with van der Waals surface area (Å²) in [5.41, 5.74) is 0.708. The summed E-state index contributed by atoms with van der Waals surface area (Å²) in [6.45, 7) is 1.84. The number of hydrogen-bond donors (Lipinski definition) is 0. The Labute approximate surface area is 101 Å². The van der Waals surface area contributed by atoms with Crippen molar-refractivity contribution in [2.45, 2.75) is 6.92 Å². The number of rotatable bonds is 3. The van der Waals surface area contributed by atoms with Crippen LogP contribution in [0.3, 0.4) is 0 Å². The summed E-state index contributed by atoms with van der Waals surface area (Å²) in [4.78, 5) is 11.9. The fourth-order valence-electron chi connectivity index (χ4n) is 1.91. The third kappa shape index (κ3) is 2.07. The predicted molar refractivity (Wildman–Crippen MR) is 69.6 cm³/mol. The second-order valence-corrected chi connectivity index (χ2v) is 3.73. The Kier molecular flexibility index (Phi) is 3.24. The third-order valence-corrected chi connectivity index (χ3v) is 2.69. The van der Waals surface area contributed by atoms with Gasteiger partial charge < -0.3 is 4.74 Å². The van der Waals surface area contributed by atoms with Crippen molar-refractivity contribution in [1.82, 2.24) is 0 Å². The Balaban J connectivity index is 2.70. The molecule has 0 saturated heterocycles. The van der Waals surface area contributed by atoms with Crippen LogP contribution >= 0.6 is 0 Å². The molecule has 0 aromatic heterocycles. The van der Waals surface area contributed by atoms with E-state index in [2.05, 4.69) is 0 Å². The largest absolute Gasteiger partial charge is 0.496 e. The van der Waals surface area contributed by atoms with Crippen LogP contribution in [0, 0.1) is 0 Å². The van der Waals surface area contributed by atoms with Crippen molar-refractivity contribution in [3.05, 3.63) is 54.1 Å². The van der Waals surface area contributed by atoms with E-state index >= 15 is 0 Å². The van der Waals surface area contributed by atoms with Crippen LogP contribution in [0.5, 0.6) is 5.75 Å². The molecule has 0 heterocycles. The van der Waals surface area contributed by atoms with Crippen LogP contribution in [-0.2, 0) is 0 Å². The van der Waals surface area contributed by atoms with Crippen LogP contribution in [0.2, 0.25) is 0 Å². The number of fused-ring (bicyclic) bond motifs is 1. The zero-order valence-electron chi connectivity index (χ0n) is 9.94. The van der Waals surface area contributed by atoms with E-state index in [1.54, 1.807) is 19.3 Å². The number of ketones is 1. The van der Waals surface area contributed by atoms with Gasteiger partial charge in [0.15, 0.2) is 5.78 Å². The lowest BCUT2D eigenvalue weighted by Crippen LogP contribution is -1.96. The van der Waals surface area contributed by atoms with Gasteiger partial charge in [0.1, 0.15) is 5.75 Å². The molecule has 86 valence electrons. The van der Waals surface area contributed by atoms with Gasteiger partial charge in [0.05, 0.1) is 7.11 Å². The maximum absolute atomic E-state index is 11.9. The van der Waals surface area contributed by atoms with Gasteiger partial charge in [-0.25, -0.2) is 0 Å². The standard InChI is InChI=1S/C15H14O2/c1-3-6-14(16)12-9-10-15(17-2)13-8-5-4-7-11(12)13/h3-10H,1-2H3. The Morgan fingerprint density at radius 2 is 1.82 bits per heavy atom. The Morgan fingerprint density at radius 3 is 2.47 bits per heavy atom. The first kappa shape index (κ1) is 11.4. The van der Waals surface area contributed by atoms with E-state index in [0.717, 1.165) is 16.5 Å². The first-order chi connectivity index (χ1) is 8.27. The van der Waals surface area contributed by atoms with Crippen molar-refractivity contribution in [2.75, 3.05) is 7.11 Å². The first-order valence-electron chi connectivity index (χ1n) is 5.50. The zero-order valence-corrected chi connectivity index (χ0v) is 9.94. The summed E-state index contributed by atoms with van der Waals surface area (Å²) in [6, 6.07) is 11.4. The molecular formula is C15H14O2. The molecular weight excluding hydrogens is 212 g/mol. The van der Waals surface area contributed by atoms with E-state index in [1.807, 2.05) is 43.3 Å². The van der Waals surface area contributed by atoms with Crippen molar-refractivity contribution in [1.29, 1.82) is 0 Å². The van der Waals surface area contributed by atoms with E-state index in [-0.39, 0.29) is 5.78 Å². The molecule has 0 aliphatic rings. The monoisotopic (exact) mass is 226 g/mol. The van der Waals surface area contributed by atoms with Gasteiger partial charge in [0, 0.05) is 10.9 Å². The van der Waals surface area contributed by atoms with Crippen molar-refractivity contribution < 1.29 is 9.53 Å². The number of carbonyl (C=O) groups is 1. The van der Waals surface area contributed by atoms with E-state index in [0.29, 0.717) is 5.56 Å². The summed E-state index contributed by atoms with van der Waals surface area (Å²) in [7, 11) is 1.63. The van der Waals surface area contributed by atoms with Gasteiger partial charge in [-0.3, -0.25) is 4.79 Å². The normalized spacial score (nSPS) is 10.9. The first-order valence-corrected chi connectivity index (χ1v) is 5.50. The van der Waals surface area contributed by atoms with E-state index in [9.17, 15) is 4.79 Å². The summed E-state index contributed by atoms with van der Waals surface area (Å²) in [6.07, 6.45) is 3.33. The van der Waals surface area contributed by atoms with Gasteiger partial charge in [-0.2, -0.15) is 0 Å². The molecule has 0 fully saturated rings. The highest BCUT2D eigenvalue weighted by molar-refractivity contribution is 6.14. The van der Waals surface area contributed by atoms with Gasteiger partial charge >= 0.3 is 0 Å². The molecule has 2 heteroatoms. The van der Waals surface area contributed by atoms with Crippen LogP contribution in [-0.4, -0.2) is 12.9 Å². The highest BCUT2D eigenvalue weighted by Crippen LogP contribution is 2.28. The molecule has 0 aliphatic carbocycles. The fourth-order valence-corrected chi connectivity index (χ4v) is 1.91. The van der Waals surface area contributed by atoms with Crippen LogP contribution in [0.15, 0.2) is 48.6 Å². The number of benzene rings is 2. The molecule has 2 aromatic rings. The Bertz CT molecular complexity index is 582. The highest BCUT2D eigenvalue weighted by Gasteiger charge is 2.09. The van der Waals surface area contributed by atoms with Gasteiger partial charge in [-0.05, 0) is 30.5 Å². The summed E-state index contributed by atoms with van der Waals surface area (Å²) < 4.78 is 5.29. The summed E-state index contributed by atoms with van der Waals surface area (Å²) >= 11 is 0. The van der Waals surface area contributed by atoms with E-state index in [4.69, 9.17) is 4.74 Å². The molecule has 0 saturated carbocycles. The Morgan fingerprint density at radius 1 is 1.12 bits per heavy atom. The molecule has 0 N–H and O–H groups in total. The zero-order chi connectivity index (χ0) is 12.3. The highest BCUT2D eigenvalue weighted by atomic mass is 16.5. The lowest BCUT2D eigenvalue weighted by Gasteiger charge is -2.08. The lowest BCUT2D eigenvalue weighted by atomic mass is 10.0. The Hall–Kier alpha value is -2.09. The molecule has 2 aromatic carbocycles. The van der Waals surface area contributed by atoms with Gasteiger partial charge in [-0.1, -0.05) is 30.3 Å². The molecule has 0 aliphatic heterocycles. The second-order valence-electron chi connectivity index (χ2n) is 3.73. The minimum atomic E-state index is 0.0198. The molecule has 0 unspecified atom stereocenters. The van der Waals surface area contributed by atoms with Gasteiger partial charge in [0.2, 0.25) is 0 Å². The van der Waals surface area contributed by atoms with Crippen molar-refractivity contribution in [3.8, 4) is 5.75 Å². The minimum Gasteiger partial charge on any atom is -0.496 e. The summed E-state index contributed by atoms with van der Waals surface area (Å²) in [5.74, 6) is 0.809. The van der Waals surface area contributed by atoms with Crippen molar-refractivity contribution >= 4 is 16.6 Å². The van der Waals surface area contributed by atoms with Crippen LogP contribution in [0.25, 0.3) is 10.8 Å². The maximum Gasteiger partial charge on any atom is 0.186 e. The second kappa shape index (κ2) is 4.83. The topological polar surface area (TPSA) is 26.3 Å². The lowest BCUT2D eigenvalue weighted by molar-refractivity contribution is 0.104. The van der Waals surface area contributed by atoms with Gasteiger partial charge in [0.25, 0.3) is 0 Å². The molecule has 2 nitrogen and oxygen atoms in total. The van der Waals surface area contributed by atoms with Crippen molar-refractivity contribution in [3.63, 3.8) is 0 Å². The molecule has 0 spiro atoms. The molecule has 0 bridgehead atoms. The number of methoxy groups -OCH3 is 1. The average molecular weight is 226 g/mol. The van der Waals surface area contributed by atoms with Crippen LogP contribution in [0.1, 0.15) is 17.3 Å². The molecule has 2 rings (SSSR count). The molecule has 0 radical (unpaired) electrons. The van der Waals surface area contributed by atoms with E-state index in [1.165, 1.54) is 0 Å².